The Morgan fingerprint density at radius 2 is 1.75 bits per heavy atom. The van der Waals surface area contributed by atoms with Gasteiger partial charge in [-0.15, -0.1) is 0 Å². The smallest absolute Gasteiger partial charge is 0.324 e. The number of ether oxygens (including phenoxy) is 1. The zero-order chi connectivity index (χ0) is 20.6. The fourth-order valence-electron chi connectivity index (χ4n) is 3.63. The first-order valence-corrected chi connectivity index (χ1v) is 10.4. The lowest BCUT2D eigenvalue weighted by Gasteiger charge is -2.30. The quantitative estimate of drug-likeness (QED) is 0.637. The minimum absolute atomic E-state index is 0.0921. The first kappa shape index (κ1) is 22.2. The molecule has 28 heavy (non-hydrogen) atoms. The number of esters is 1. The van der Waals surface area contributed by atoms with Crippen LogP contribution >= 0.6 is 0 Å². The normalized spacial score (nSPS) is 15.1. The van der Waals surface area contributed by atoms with Crippen LogP contribution in [-0.2, 0) is 9.53 Å². The van der Waals surface area contributed by atoms with Crippen LogP contribution in [0.15, 0.2) is 24.5 Å². The second kappa shape index (κ2) is 10.4. The van der Waals surface area contributed by atoms with Gasteiger partial charge in [0.1, 0.15) is 5.60 Å². The number of nitrogens with zero attached hydrogens (tertiary/aromatic N) is 3. The fraction of sp³-hybridized carbons (Fsp3) is 0.682. The lowest BCUT2D eigenvalue weighted by atomic mass is 9.87. The molecule has 2 amide bonds. The third-order valence-corrected chi connectivity index (χ3v) is 5.15. The first-order chi connectivity index (χ1) is 13.3. The Labute approximate surface area is 169 Å². The van der Waals surface area contributed by atoms with Gasteiger partial charge in [-0.3, -0.25) is 14.7 Å². The lowest BCUT2D eigenvalue weighted by molar-refractivity contribution is -0.155. The lowest BCUT2D eigenvalue weighted by Crippen LogP contribution is -2.43. The Balaban J connectivity index is 1.99. The van der Waals surface area contributed by atoms with E-state index in [9.17, 15) is 9.59 Å². The third kappa shape index (κ3) is 7.49. The number of hydrogen-bond acceptors (Lipinski definition) is 4. The van der Waals surface area contributed by atoms with Gasteiger partial charge in [0.25, 0.3) is 0 Å². The van der Waals surface area contributed by atoms with Crippen LogP contribution in [0.3, 0.4) is 0 Å². The number of amides is 2. The average molecular weight is 390 g/mol. The van der Waals surface area contributed by atoms with Crippen molar-refractivity contribution in [2.24, 2.45) is 5.92 Å². The summed E-state index contributed by atoms with van der Waals surface area (Å²) in [5.41, 5.74) is 0.280. The molecule has 0 atom stereocenters. The van der Waals surface area contributed by atoms with E-state index >= 15 is 0 Å². The number of anilines is 1. The number of aromatic nitrogens is 1. The summed E-state index contributed by atoms with van der Waals surface area (Å²) in [4.78, 5) is 32.7. The molecule has 0 spiro atoms. The van der Waals surface area contributed by atoms with Crippen molar-refractivity contribution in [3.05, 3.63) is 24.5 Å². The number of pyridine rings is 1. The molecule has 0 saturated heterocycles. The summed E-state index contributed by atoms with van der Waals surface area (Å²) >= 11 is 0. The monoisotopic (exact) mass is 389 g/mol. The highest BCUT2D eigenvalue weighted by Crippen LogP contribution is 2.26. The van der Waals surface area contributed by atoms with Crippen LogP contribution in [0.4, 0.5) is 10.5 Å². The molecule has 0 N–H and O–H groups in total. The molecule has 1 saturated carbocycles. The van der Waals surface area contributed by atoms with Crippen LogP contribution in [0.25, 0.3) is 0 Å². The molecule has 1 heterocycles. The maximum absolute atomic E-state index is 13.1. The van der Waals surface area contributed by atoms with Gasteiger partial charge in [0, 0.05) is 38.2 Å². The third-order valence-electron chi connectivity index (χ3n) is 5.15. The van der Waals surface area contributed by atoms with Crippen molar-refractivity contribution in [2.75, 3.05) is 25.0 Å². The second-order valence-corrected chi connectivity index (χ2v) is 8.66. The molecule has 0 bridgehead atoms. The van der Waals surface area contributed by atoms with Gasteiger partial charge in [-0.1, -0.05) is 32.1 Å². The molecule has 0 radical (unpaired) electrons. The number of carbonyl (C=O) groups excluding carboxylic acids is 2. The van der Waals surface area contributed by atoms with Crippen molar-refractivity contribution in [3.63, 3.8) is 0 Å². The maximum Gasteiger partial charge on any atom is 0.324 e. The van der Waals surface area contributed by atoms with Gasteiger partial charge in [0.15, 0.2) is 0 Å². The highest BCUT2D eigenvalue weighted by atomic mass is 16.6. The number of urea groups is 1. The summed E-state index contributed by atoms with van der Waals surface area (Å²) in [6.45, 7) is 6.61. The Morgan fingerprint density at radius 3 is 2.36 bits per heavy atom. The molecule has 1 fully saturated rings. The average Bonchev–Trinajstić information content (AvgIpc) is 2.67. The second-order valence-electron chi connectivity index (χ2n) is 8.66. The zero-order valence-corrected chi connectivity index (χ0v) is 17.8. The molecular formula is C22H35N3O3. The Kier molecular flexibility index (Phi) is 8.27. The van der Waals surface area contributed by atoms with Crippen LogP contribution in [0.5, 0.6) is 0 Å². The fourth-order valence-corrected chi connectivity index (χ4v) is 3.63. The standard InChI is InChI=1S/C22H35N3O3/c1-22(2,3)28-20(26)13-17-25(16-12-18-8-6-5-7-9-18)21(27)24(4)19-10-14-23-15-11-19/h10-11,14-15,18H,5-9,12-13,16-17H2,1-4H3. The summed E-state index contributed by atoms with van der Waals surface area (Å²) in [5.74, 6) is 0.409. The molecular weight excluding hydrogens is 354 g/mol. The highest BCUT2D eigenvalue weighted by molar-refractivity contribution is 5.91. The van der Waals surface area contributed by atoms with Crippen LogP contribution in [0.2, 0.25) is 0 Å². The molecule has 6 heteroatoms. The van der Waals surface area contributed by atoms with Crippen LogP contribution in [0.1, 0.15) is 65.7 Å². The summed E-state index contributed by atoms with van der Waals surface area (Å²) in [6.07, 6.45) is 10.9. The Bertz CT molecular complexity index is 622. The summed E-state index contributed by atoms with van der Waals surface area (Å²) < 4.78 is 5.41. The van der Waals surface area contributed by atoms with Gasteiger partial charge in [-0.05, 0) is 45.2 Å². The van der Waals surface area contributed by atoms with E-state index in [2.05, 4.69) is 4.98 Å². The van der Waals surface area contributed by atoms with Gasteiger partial charge in [-0.25, -0.2) is 4.79 Å². The molecule has 2 rings (SSSR count). The van der Waals surface area contributed by atoms with E-state index < -0.39 is 5.60 Å². The first-order valence-electron chi connectivity index (χ1n) is 10.4. The van der Waals surface area contributed by atoms with Crippen molar-refractivity contribution in [3.8, 4) is 0 Å². The van der Waals surface area contributed by atoms with E-state index in [1.54, 1.807) is 29.2 Å². The molecule has 0 unspecified atom stereocenters. The Morgan fingerprint density at radius 1 is 1.11 bits per heavy atom. The van der Waals surface area contributed by atoms with Crippen molar-refractivity contribution in [2.45, 2.75) is 71.3 Å². The molecule has 1 aromatic heterocycles. The topological polar surface area (TPSA) is 62.7 Å². The van der Waals surface area contributed by atoms with E-state index in [4.69, 9.17) is 4.74 Å². The van der Waals surface area contributed by atoms with E-state index in [0.717, 1.165) is 12.1 Å². The van der Waals surface area contributed by atoms with Crippen molar-refractivity contribution in [1.29, 1.82) is 0 Å². The Hall–Kier alpha value is -2.11. The van der Waals surface area contributed by atoms with Crippen molar-refractivity contribution in [1.82, 2.24) is 9.88 Å². The largest absolute Gasteiger partial charge is 0.460 e. The predicted molar refractivity (Wildman–Crippen MR) is 111 cm³/mol. The molecule has 1 aromatic rings. The van der Waals surface area contributed by atoms with Gasteiger partial charge in [0.2, 0.25) is 0 Å². The predicted octanol–water partition coefficient (Wildman–Crippen LogP) is 4.64. The van der Waals surface area contributed by atoms with E-state index in [-0.39, 0.29) is 18.4 Å². The van der Waals surface area contributed by atoms with Gasteiger partial charge in [-0.2, -0.15) is 0 Å². The van der Waals surface area contributed by atoms with E-state index in [1.807, 2.05) is 32.9 Å². The summed E-state index contributed by atoms with van der Waals surface area (Å²) in [5, 5.41) is 0. The van der Waals surface area contributed by atoms with Crippen molar-refractivity contribution < 1.29 is 14.3 Å². The summed E-state index contributed by atoms with van der Waals surface area (Å²) in [6, 6.07) is 3.53. The number of carbonyl (C=O) groups is 2. The zero-order valence-electron chi connectivity index (χ0n) is 17.8. The van der Waals surface area contributed by atoms with Gasteiger partial charge >= 0.3 is 12.0 Å². The van der Waals surface area contributed by atoms with Crippen LogP contribution < -0.4 is 4.90 Å². The van der Waals surface area contributed by atoms with Gasteiger partial charge < -0.3 is 9.64 Å². The SMILES string of the molecule is CN(C(=O)N(CCC(=O)OC(C)(C)C)CCC1CCCCC1)c1ccncc1. The number of rotatable bonds is 7. The minimum Gasteiger partial charge on any atom is -0.460 e. The van der Waals surface area contributed by atoms with E-state index in [0.29, 0.717) is 19.0 Å². The maximum atomic E-state index is 13.1. The number of hydrogen-bond donors (Lipinski definition) is 0. The molecule has 0 aromatic carbocycles. The van der Waals surface area contributed by atoms with Crippen LogP contribution in [0, 0.1) is 5.92 Å². The highest BCUT2D eigenvalue weighted by Gasteiger charge is 2.23. The summed E-state index contributed by atoms with van der Waals surface area (Å²) in [7, 11) is 1.76. The molecule has 0 aliphatic heterocycles. The van der Waals surface area contributed by atoms with Gasteiger partial charge in [0.05, 0.1) is 6.42 Å². The minimum atomic E-state index is -0.512. The van der Waals surface area contributed by atoms with E-state index in [1.165, 1.54) is 32.1 Å². The van der Waals surface area contributed by atoms with Crippen LogP contribution in [-0.4, -0.2) is 47.6 Å². The molecule has 6 nitrogen and oxygen atoms in total. The molecule has 156 valence electrons. The molecule has 1 aliphatic carbocycles. The van der Waals surface area contributed by atoms with Crippen molar-refractivity contribution >= 4 is 17.7 Å². The molecule has 1 aliphatic rings.